The molecule has 1 N–H and O–H groups in total. The fraction of sp³-hybridized carbons (Fsp3) is 0.130. The van der Waals surface area contributed by atoms with Crippen LogP contribution in [0.25, 0.3) is 0 Å². The maximum atomic E-state index is 12.6. The zero-order chi connectivity index (χ0) is 21.8. The second-order valence-electron chi connectivity index (χ2n) is 7.02. The van der Waals surface area contributed by atoms with E-state index in [1.165, 1.54) is 11.3 Å². The number of hydrogen-bond acceptors (Lipinski definition) is 4. The number of amides is 1. The Morgan fingerprint density at radius 2 is 1.90 bits per heavy atom. The Labute approximate surface area is 194 Å². The third-order valence-electron chi connectivity index (χ3n) is 4.50. The molecule has 2 aromatic carbocycles. The van der Waals surface area contributed by atoms with Gasteiger partial charge in [0.15, 0.2) is 5.82 Å². The molecule has 2 heterocycles. The zero-order valence-corrected chi connectivity index (χ0v) is 19.0. The number of carbonyl (C=O) groups is 1. The molecule has 5 nitrogen and oxygen atoms in total. The van der Waals surface area contributed by atoms with E-state index in [-0.39, 0.29) is 5.91 Å². The van der Waals surface area contributed by atoms with Crippen LogP contribution in [0.2, 0.25) is 10.0 Å². The normalized spacial score (nSPS) is 10.8. The highest BCUT2D eigenvalue weighted by Gasteiger charge is 2.12. The molecule has 0 spiro atoms. The monoisotopic (exact) mass is 471 g/mol. The fourth-order valence-corrected chi connectivity index (χ4v) is 4.01. The summed E-state index contributed by atoms with van der Waals surface area (Å²) in [5, 5.41) is 10.4. The molecule has 0 aliphatic heterocycles. The van der Waals surface area contributed by atoms with Gasteiger partial charge >= 0.3 is 0 Å². The SMILES string of the molecule is Cc1ccc(Cl)c(OCc2csc(C(=O)Nc3ccn(Cc4ccc(Cl)cc4)n3)c2)c1. The second kappa shape index (κ2) is 9.56. The van der Waals surface area contributed by atoms with E-state index in [1.807, 2.05) is 67.0 Å². The molecule has 158 valence electrons. The van der Waals surface area contributed by atoms with Crippen LogP contribution >= 0.6 is 34.5 Å². The lowest BCUT2D eigenvalue weighted by atomic mass is 10.2. The Morgan fingerprint density at radius 1 is 1.10 bits per heavy atom. The number of aromatic nitrogens is 2. The number of hydrogen-bond donors (Lipinski definition) is 1. The van der Waals surface area contributed by atoms with E-state index in [9.17, 15) is 4.79 Å². The summed E-state index contributed by atoms with van der Waals surface area (Å²) in [7, 11) is 0. The van der Waals surface area contributed by atoms with Crippen molar-refractivity contribution in [3.05, 3.63) is 97.8 Å². The van der Waals surface area contributed by atoms with Crippen molar-refractivity contribution in [2.75, 3.05) is 5.32 Å². The van der Waals surface area contributed by atoms with Crippen molar-refractivity contribution >= 4 is 46.3 Å². The lowest BCUT2D eigenvalue weighted by molar-refractivity contribution is 0.103. The van der Waals surface area contributed by atoms with Crippen LogP contribution in [0.3, 0.4) is 0 Å². The molecular formula is C23H19Cl2N3O2S. The predicted molar refractivity (Wildman–Crippen MR) is 126 cm³/mol. The van der Waals surface area contributed by atoms with Crippen molar-refractivity contribution in [2.45, 2.75) is 20.1 Å². The van der Waals surface area contributed by atoms with Gasteiger partial charge < -0.3 is 10.1 Å². The average Bonchev–Trinajstić information content (AvgIpc) is 3.40. The molecule has 0 unspecified atom stereocenters. The zero-order valence-electron chi connectivity index (χ0n) is 16.6. The number of benzene rings is 2. The second-order valence-corrected chi connectivity index (χ2v) is 8.78. The third kappa shape index (κ3) is 5.67. The van der Waals surface area contributed by atoms with Crippen LogP contribution in [0.15, 0.2) is 66.2 Å². The highest BCUT2D eigenvalue weighted by molar-refractivity contribution is 7.12. The largest absolute Gasteiger partial charge is 0.487 e. The summed E-state index contributed by atoms with van der Waals surface area (Å²) in [5.41, 5.74) is 3.04. The van der Waals surface area contributed by atoms with Crippen LogP contribution < -0.4 is 10.1 Å². The van der Waals surface area contributed by atoms with Gasteiger partial charge in [-0.2, -0.15) is 5.10 Å². The van der Waals surface area contributed by atoms with E-state index in [0.29, 0.717) is 39.6 Å². The average molecular weight is 472 g/mol. The summed E-state index contributed by atoms with van der Waals surface area (Å²) in [5.74, 6) is 0.920. The molecule has 0 atom stereocenters. The number of rotatable bonds is 7. The standard InChI is InChI=1S/C23H19Cl2N3O2S/c1-15-2-7-19(25)20(10-15)30-13-17-11-21(31-14-17)23(29)26-22-8-9-28(27-22)12-16-3-5-18(24)6-4-16/h2-11,14H,12-13H2,1H3,(H,26,27,29). The van der Waals surface area contributed by atoms with Gasteiger partial charge in [0.1, 0.15) is 12.4 Å². The lowest BCUT2D eigenvalue weighted by Crippen LogP contribution is -2.11. The first-order chi connectivity index (χ1) is 15.0. The maximum absolute atomic E-state index is 12.6. The molecule has 8 heteroatoms. The van der Waals surface area contributed by atoms with Gasteiger partial charge in [-0.25, -0.2) is 0 Å². The lowest BCUT2D eigenvalue weighted by Gasteiger charge is -2.07. The van der Waals surface area contributed by atoms with Crippen LogP contribution in [-0.2, 0) is 13.2 Å². The van der Waals surface area contributed by atoms with E-state index in [0.717, 1.165) is 16.7 Å². The number of nitrogens with one attached hydrogen (secondary N) is 1. The van der Waals surface area contributed by atoms with E-state index < -0.39 is 0 Å². The molecule has 0 bridgehead atoms. The van der Waals surface area contributed by atoms with Gasteiger partial charge in [0, 0.05) is 22.8 Å². The minimum absolute atomic E-state index is 0.207. The van der Waals surface area contributed by atoms with E-state index in [2.05, 4.69) is 10.4 Å². The number of aryl methyl sites for hydroxylation is 1. The molecule has 0 saturated carbocycles. The van der Waals surface area contributed by atoms with Crippen molar-refractivity contribution in [2.24, 2.45) is 0 Å². The van der Waals surface area contributed by atoms with Crippen LogP contribution in [0.1, 0.15) is 26.4 Å². The number of thiophene rings is 1. The van der Waals surface area contributed by atoms with Crippen molar-refractivity contribution in [1.29, 1.82) is 0 Å². The number of carbonyl (C=O) groups excluding carboxylic acids is 1. The molecule has 0 saturated heterocycles. The first-order valence-electron chi connectivity index (χ1n) is 9.52. The smallest absolute Gasteiger partial charge is 0.266 e. The number of halogens is 2. The van der Waals surface area contributed by atoms with Gasteiger partial charge in [-0.3, -0.25) is 9.48 Å². The molecule has 4 rings (SSSR count). The molecule has 0 aliphatic carbocycles. The van der Waals surface area contributed by atoms with Gasteiger partial charge in [-0.15, -0.1) is 11.3 Å². The minimum Gasteiger partial charge on any atom is -0.487 e. The quantitative estimate of drug-likeness (QED) is 0.337. The number of anilines is 1. The van der Waals surface area contributed by atoms with Crippen LogP contribution in [0.5, 0.6) is 5.75 Å². The molecule has 31 heavy (non-hydrogen) atoms. The summed E-state index contributed by atoms with van der Waals surface area (Å²) in [6.07, 6.45) is 1.82. The van der Waals surface area contributed by atoms with Crippen molar-refractivity contribution < 1.29 is 9.53 Å². The molecule has 0 aliphatic rings. The first kappa shape index (κ1) is 21.4. The van der Waals surface area contributed by atoms with Crippen LogP contribution in [0.4, 0.5) is 5.82 Å². The molecule has 0 fully saturated rings. The van der Waals surface area contributed by atoms with Crippen LogP contribution in [0, 0.1) is 6.92 Å². The van der Waals surface area contributed by atoms with E-state index in [1.54, 1.807) is 10.7 Å². The topological polar surface area (TPSA) is 56.1 Å². The third-order valence-corrected chi connectivity index (χ3v) is 6.04. The van der Waals surface area contributed by atoms with Gasteiger partial charge in [0.2, 0.25) is 0 Å². The predicted octanol–water partition coefficient (Wildman–Crippen LogP) is 6.44. The van der Waals surface area contributed by atoms with E-state index >= 15 is 0 Å². The number of nitrogens with zero attached hydrogens (tertiary/aromatic N) is 2. The Balaban J connectivity index is 1.34. The highest BCUT2D eigenvalue weighted by atomic mass is 35.5. The minimum atomic E-state index is -0.207. The first-order valence-corrected chi connectivity index (χ1v) is 11.2. The molecule has 1 amide bonds. The summed E-state index contributed by atoms with van der Waals surface area (Å²) in [4.78, 5) is 13.2. The van der Waals surface area contributed by atoms with Gasteiger partial charge in [0.25, 0.3) is 5.91 Å². The Bertz CT molecular complexity index is 1200. The summed E-state index contributed by atoms with van der Waals surface area (Å²) in [6, 6.07) is 16.8. The Hall–Kier alpha value is -2.80. The summed E-state index contributed by atoms with van der Waals surface area (Å²) in [6.45, 7) is 2.91. The van der Waals surface area contributed by atoms with Crippen molar-refractivity contribution in [3.63, 3.8) is 0 Å². The summed E-state index contributed by atoms with van der Waals surface area (Å²) < 4.78 is 7.56. The highest BCUT2D eigenvalue weighted by Crippen LogP contribution is 2.27. The molecule has 4 aromatic rings. The summed E-state index contributed by atoms with van der Waals surface area (Å²) >= 11 is 13.4. The maximum Gasteiger partial charge on any atom is 0.266 e. The Morgan fingerprint density at radius 3 is 2.71 bits per heavy atom. The van der Waals surface area contributed by atoms with Crippen molar-refractivity contribution in [3.8, 4) is 5.75 Å². The number of ether oxygens (including phenoxy) is 1. The van der Waals surface area contributed by atoms with Gasteiger partial charge in [-0.1, -0.05) is 41.4 Å². The van der Waals surface area contributed by atoms with Gasteiger partial charge in [0.05, 0.1) is 16.4 Å². The molecule has 0 radical (unpaired) electrons. The fourth-order valence-electron chi connectivity index (χ4n) is 2.92. The van der Waals surface area contributed by atoms with E-state index in [4.69, 9.17) is 27.9 Å². The molecular weight excluding hydrogens is 453 g/mol. The Kier molecular flexibility index (Phi) is 6.61. The molecule has 2 aromatic heterocycles. The van der Waals surface area contributed by atoms with Crippen molar-refractivity contribution in [1.82, 2.24) is 9.78 Å². The van der Waals surface area contributed by atoms with Gasteiger partial charge in [-0.05, 0) is 53.8 Å². The van der Waals surface area contributed by atoms with Crippen LogP contribution in [-0.4, -0.2) is 15.7 Å².